The van der Waals surface area contributed by atoms with E-state index in [0.717, 1.165) is 17.1 Å². The van der Waals surface area contributed by atoms with Gasteiger partial charge in [0.25, 0.3) is 0 Å². The van der Waals surface area contributed by atoms with Crippen LogP contribution in [0.25, 0.3) is 0 Å². The van der Waals surface area contributed by atoms with Crippen molar-refractivity contribution in [3.05, 3.63) is 35.6 Å². The Morgan fingerprint density at radius 1 is 1.33 bits per heavy atom. The normalized spacial score (nSPS) is 18.8. The molecule has 1 fully saturated rings. The van der Waals surface area contributed by atoms with E-state index >= 15 is 0 Å². The van der Waals surface area contributed by atoms with E-state index < -0.39 is 23.9 Å². The largest absolute Gasteiger partial charge is 0.409 e. The van der Waals surface area contributed by atoms with E-state index in [4.69, 9.17) is 0 Å². The number of hydrogen-bond acceptors (Lipinski definition) is 2. The molecule has 0 spiro atoms. The molecular weight excluding hydrogens is 252 g/mol. The summed E-state index contributed by atoms with van der Waals surface area (Å²) in [7, 11) is 0. The van der Waals surface area contributed by atoms with E-state index in [0.29, 0.717) is 0 Å². The number of amides is 1. The van der Waals surface area contributed by atoms with E-state index in [9.17, 15) is 22.4 Å². The first-order chi connectivity index (χ1) is 8.38. The Bertz CT molecular complexity index is 461. The first-order valence-corrected chi connectivity index (χ1v) is 5.26. The molecule has 18 heavy (non-hydrogen) atoms. The van der Waals surface area contributed by atoms with Crippen LogP contribution in [0.2, 0.25) is 0 Å². The molecule has 0 aliphatic carbocycles. The van der Waals surface area contributed by atoms with Crippen molar-refractivity contribution in [2.45, 2.75) is 18.6 Å². The molecule has 0 aromatic heterocycles. The number of nitrogens with zero attached hydrogens (tertiary/aromatic N) is 1. The van der Waals surface area contributed by atoms with Crippen LogP contribution in [-0.2, 0) is 4.79 Å². The van der Waals surface area contributed by atoms with Gasteiger partial charge in [-0.25, -0.2) is 9.40 Å². The fourth-order valence-corrected chi connectivity index (χ4v) is 1.91. The van der Waals surface area contributed by atoms with Crippen LogP contribution in [0.3, 0.4) is 0 Å². The van der Waals surface area contributed by atoms with Crippen molar-refractivity contribution in [3.8, 4) is 0 Å². The summed E-state index contributed by atoms with van der Waals surface area (Å²) >= 11 is 0. The zero-order valence-corrected chi connectivity index (χ0v) is 9.17. The van der Waals surface area contributed by atoms with Gasteiger partial charge in [0.15, 0.2) is 0 Å². The molecule has 0 radical (unpaired) electrons. The van der Waals surface area contributed by atoms with Gasteiger partial charge in [0.2, 0.25) is 5.91 Å². The average molecular weight is 262 g/mol. The van der Waals surface area contributed by atoms with Gasteiger partial charge in [-0.3, -0.25) is 10.2 Å². The van der Waals surface area contributed by atoms with Gasteiger partial charge in [-0.1, -0.05) is 12.1 Å². The summed E-state index contributed by atoms with van der Waals surface area (Å²) in [5, 5.41) is 0.789. The summed E-state index contributed by atoms with van der Waals surface area (Å²) in [6.45, 7) is -0.0560. The molecule has 0 saturated carbocycles. The number of carbonyl (C=O) groups is 1. The second-order valence-corrected chi connectivity index (χ2v) is 3.98. The highest BCUT2D eigenvalue weighted by atomic mass is 19.4. The number of benzene rings is 1. The third-order valence-electron chi connectivity index (χ3n) is 2.63. The number of hydrogen-bond donors (Lipinski definition) is 1. The molecule has 2 rings (SSSR count). The highest BCUT2D eigenvalue weighted by Crippen LogP contribution is 2.37. The van der Waals surface area contributed by atoms with Gasteiger partial charge in [-0.05, 0) is 17.7 Å². The highest BCUT2D eigenvalue weighted by Gasteiger charge is 2.46. The van der Waals surface area contributed by atoms with E-state index in [1.165, 1.54) is 12.1 Å². The minimum Gasteiger partial charge on any atom is -0.288 e. The number of alkyl halides is 3. The van der Waals surface area contributed by atoms with Crippen molar-refractivity contribution in [1.82, 2.24) is 10.4 Å². The monoisotopic (exact) mass is 262 g/mol. The third kappa shape index (κ3) is 2.61. The van der Waals surface area contributed by atoms with Gasteiger partial charge >= 0.3 is 6.18 Å². The minimum atomic E-state index is -4.59. The molecule has 1 saturated heterocycles. The molecular formula is C11H10F4N2O. The molecule has 1 atom stereocenters. The number of carbonyl (C=O) groups excluding carboxylic acids is 1. The molecule has 1 amide bonds. The summed E-state index contributed by atoms with van der Waals surface area (Å²) in [5.41, 5.74) is 1.90. The molecule has 1 aliphatic rings. The van der Waals surface area contributed by atoms with Crippen LogP contribution in [0.15, 0.2) is 24.3 Å². The van der Waals surface area contributed by atoms with E-state index in [2.05, 4.69) is 5.43 Å². The van der Waals surface area contributed by atoms with Crippen LogP contribution in [0.1, 0.15) is 18.0 Å². The van der Waals surface area contributed by atoms with Crippen molar-refractivity contribution in [2.24, 2.45) is 0 Å². The van der Waals surface area contributed by atoms with Crippen LogP contribution in [0.4, 0.5) is 17.6 Å². The summed E-state index contributed by atoms with van der Waals surface area (Å²) in [6, 6.07) is 2.26. The first kappa shape index (κ1) is 12.8. The zero-order chi connectivity index (χ0) is 13.3. The molecule has 7 heteroatoms. The second kappa shape index (κ2) is 4.56. The molecule has 1 N–H and O–H groups in total. The van der Waals surface area contributed by atoms with Crippen LogP contribution in [-0.4, -0.2) is 23.6 Å². The molecule has 0 unspecified atom stereocenters. The van der Waals surface area contributed by atoms with E-state index in [-0.39, 0.29) is 18.5 Å². The lowest BCUT2D eigenvalue weighted by atomic mass is 10.1. The average Bonchev–Trinajstić information content (AvgIpc) is 2.62. The summed E-state index contributed by atoms with van der Waals surface area (Å²) in [6.07, 6.45) is -4.59. The maximum atomic E-state index is 13.0. The predicted octanol–water partition coefficient (Wildman–Crippen LogP) is 2.17. The SMILES string of the molecule is O=C1CCN([C@@H](c2cccc(F)c2)C(F)(F)F)N1. The zero-order valence-electron chi connectivity index (χ0n) is 9.17. The first-order valence-electron chi connectivity index (χ1n) is 5.26. The van der Waals surface area contributed by atoms with Gasteiger partial charge in [0.05, 0.1) is 0 Å². The van der Waals surface area contributed by atoms with E-state index in [1.807, 2.05) is 0 Å². The Balaban J connectivity index is 2.34. The van der Waals surface area contributed by atoms with Crippen molar-refractivity contribution >= 4 is 5.91 Å². The van der Waals surface area contributed by atoms with Gasteiger partial charge in [0.1, 0.15) is 11.9 Å². The van der Waals surface area contributed by atoms with Crippen LogP contribution < -0.4 is 5.43 Å². The number of halogens is 4. The topological polar surface area (TPSA) is 32.3 Å². The number of nitrogens with one attached hydrogen (secondary N) is 1. The highest BCUT2D eigenvalue weighted by molar-refractivity contribution is 5.77. The molecule has 98 valence electrons. The molecule has 0 bridgehead atoms. The fraction of sp³-hybridized carbons (Fsp3) is 0.364. The maximum absolute atomic E-state index is 13.0. The van der Waals surface area contributed by atoms with Gasteiger partial charge in [-0.2, -0.15) is 13.2 Å². The van der Waals surface area contributed by atoms with Crippen molar-refractivity contribution in [1.29, 1.82) is 0 Å². The van der Waals surface area contributed by atoms with Crippen LogP contribution in [0, 0.1) is 5.82 Å². The summed E-state index contributed by atoms with van der Waals surface area (Å²) in [5.74, 6) is -1.21. The van der Waals surface area contributed by atoms with Gasteiger partial charge in [0, 0.05) is 13.0 Å². The molecule has 1 heterocycles. The third-order valence-corrected chi connectivity index (χ3v) is 2.63. The Morgan fingerprint density at radius 2 is 2.06 bits per heavy atom. The maximum Gasteiger partial charge on any atom is 0.409 e. The number of rotatable bonds is 2. The van der Waals surface area contributed by atoms with Crippen LogP contribution in [0.5, 0.6) is 0 Å². The van der Waals surface area contributed by atoms with Gasteiger partial charge < -0.3 is 0 Å². The number of hydrazine groups is 1. The van der Waals surface area contributed by atoms with Crippen molar-refractivity contribution in [3.63, 3.8) is 0 Å². The molecule has 1 aliphatic heterocycles. The summed E-state index contributed by atoms with van der Waals surface area (Å²) in [4.78, 5) is 11.0. The Kier molecular flexibility index (Phi) is 3.25. The van der Waals surface area contributed by atoms with Gasteiger partial charge in [-0.15, -0.1) is 0 Å². The van der Waals surface area contributed by atoms with Crippen molar-refractivity contribution < 1.29 is 22.4 Å². The smallest absolute Gasteiger partial charge is 0.288 e. The Morgan fingerprint density at radius 3 is 2.56 bits per heavy atom. The van der Waals surface area contributed by atoms with E-state index in [1.54, 1.807) is 0 Å². The minimum absolute atomic E-state index is 0.00188. The molecule has 1 aromatic carbocycles. The lowest BCUT2D eigenvalue weighted by Crippen LogP contribution is -2.43. The van der Waals surface area contributed by atoms with Crippen molar-refractivity contribution in [2.75, 3.05) is 6.54 Å². The molecule has 1 aromatic rings. The fourth-order valence-electron chi connectivity index (χ4n) is 1.91. The summed E-state index contributed by atoms with van der Waals surface area (Å²) < 4.78 is 52.0. The molecule has 3 nitrogen and oxygen atoms in total. The lowest BCUT2D eigenvalue weighted by molar-refractivity contribution is -0.191. The quantitative estimate of drug-likeness (QED) is 0.828. The predicted molar refractivity (Wildman–Crippen MR) is 54.7 cm³/mol. The Labute approximate surface area is 100 Å². The van der Waals surface area contributed by atoms with Crippen LogP contribution >= 0.6 is 0 Å². The Hall–Kier alpha value is -1.63. The lowest BCUT2D eigenvalue weighted by Gasteiger charge is -2.29. The second-order valence-electron chi connectivity index (χ2n) is 3.98. The standard InChI is InChI=1S/C11H10F4N2O/c12-8-3-1-2-7(6-8)10(11(13,14)15)17-5-4-9(18)16-17/h1-3,6,10H,4-5H2,(H,16,18)/t10-/m0/s1.